The molecule has 209 valence electrons. The second-order valence-corrected chi connectivity index (χ2v) is 12.3. The maximum Gasteiger partial charge on any atom is 0.121 e. The molecule has 2 aromatic carbocycles. The molecule has 1 aromatic heterocycles. The Kier molecular flexibility index (Phi) is 12.3. The summed E-state index contributed by atoms with van der Waals surface area (Å²) in [5.41, 5.74) is 6.70. The van der Waals surface area contributed by atoms with Crippen LogP contribution in [0.1, 0.15) is 78.5 Å². The number of fused-ring (bicyclic) bond motifs is 5. The van der Waals surface area contributed by atoms with Crippen molar-refractivity contribution in [1.82, 2.24) is 15.0 Å². The van der Waals surface area contributed by atoms with E-state index < -0.39 is 0 Å². The molecule has 0 spiro atoms. The molecule has 0 aliphatic heterocycles. The second-order valence-electron chi connectivity index (χ2n) is 12.3. The van der Waals surface area contributed by atoms with Crippen molar-refractivity contribution in [2.75, 3.05) is 6.61 Å². The SMILES string of the molecule is [CH2-]C(CC(C)(C)C)C(=O)C(C)(C)C.[CH2-]CCn1nnc2c1-c1ccccc1C(OCC)Cc1ccccc1-2.[Y]. The fourth-order valence-electron chi connectivity index (χ4n) is 5.09. The van der Waals surface area contributed by atoms with Gasteiger partial charge in [-0.25, -0.2) is 4.68 Å². The monoisotopic (exact) mass is 604 g/mol. The summed E-state index contributed by atoms with van der Waals surface area (Å²) in [4.78, 5) is 11.8. The van der Waals surface area contributed by atoms with Gasteiger partial charge in [0.05, 0.1) is 11.8 Å². The number of ketones is 1. The number of benzene rings is 2. The number of carbonyl (C=O) groups excluding carboxylic acids is 1. The van der Waals surface area contributed by atoms with Crippen molar-refractivity contribution in [2.24, 2.45) is 16.7 Å². The Balaban J connectivity index is 0.000000328. The standard InChI is InChI=1S/C21H22N3O.C12H23O.Y/c1-3-13-24-21-18-12-8-7-11-17(18)19(25-4-2)14-15-9-5-6-10-16(15)20(21)22-23-24;1-9(8-11(2,3)4)10(13)12(5,6)7;/h5-12,19H,1,3-4,13-14H2,2H3;9H,1,8H2,2-7H3;/q2*-1;. The number of Topliss-reactive ketones (excluding diaryl/α,β-unsaturated/α-hetero) is 1. The molecule has 0 N–H and O–H groups in total. The number of ether oxygens (including phenoxy) is 1. The van der Waals surface area contributed by atoms with E-state index in [2.05, 4.69) is 93.5 Å². The van der Waals surface area contributed by atoms with E-state index in [-0.39, 0.29) is 61.3 Å². The van der Waals surface area contributed by atoms with Crippen LogP contribution in [-0.2, 0) is 55.2 Å². The first-order valence-corrected chi connectivity index (χ1v) is 13.8. The summed E-state index contributed by atoms with van der Waals surface area (Å²) in [5.74, 6) is 0.197. The van der Waals surface area contributed by atoms with Crippen LogP contribution in [0, 0.1) is 30.6 Å². The van der Waals surface area contributed by atoms with Crippen molar-refractivity contribution in [3.05, 3.63) is 73.5 Å². The van der Waals surface area contributed by atoms with E-state index in [0.29, 0.717) is 6.61 Å². The number of nitrogens with zero attached hydrogens (tertiary/aromatic N) is 3. The maximum absolute atomic E-state index is 11.8. The summed E-state index contributed by atoms with van der Waals surface area (Å²) in [5, 5.41) is 8.96. The van der Waals surface area contributed by atoms with Crippen molar-refractivity contribution in [1.29, 1.82) is 0 Å². The zero-order valence-corrected chi connectivity index (χ0v) is 27.8. The van der Waals surface area contributed by atoms with Gasteiger partial charge in [0.2, 0.25) is 0 Å². The van der Waals surface area contributed by atoms with Crippen molar-refractivity contribution in [3.63, 3.8) is 0 Å². The number of rotatable bonds is 6. The van der Waals surface area contributed by atoms with Crippen LogP contribution in [0.4, 0.5) is 0 Å². The molecule has 1 aliphatic carbocycles. The Morgan fingerprint density at radius 1 is 1.05 bits per heavy atom. The smallest absolute Gasteiger partial charge is 0.121 e. The first-order chi connectivity index (χ1) is 17.9. The molecular weight excluding hydrogens is 559 g/mol. The predicted molar refractivity (Wildman–Crippen MR) is 156 cm³/mol. The average molecular weight is 605 g/mol. The summed E-state index contributed by atoms with van der Waals surface area (Å²) < 4.78 is 8.11. The van der Waals surface area contributed by atoms with Gasteiger partial charge in [-0.05, 0) is 23.5 Å². The van der Waals surface area contributed by atoms with Gasteiger partial charge in [0.1, 0.15) is 11.5 Å². The minimum Gasteiger partial charge on any atom is -0.373 e. The molecule has 0 bridgehead atoms. The van der Waals surface area contributed by atoms with Crippen LogP contribution in [0.5, 0.6) is 0 Å². The third kappa shape index (κ3) is 8.65. The van der Waals surface area contributed by atoms with Gasteiger partial charge in [0.25, 0.3) is 0 Å². The molecule has 3 aromatic rings. The zero-order valence-electron chi connectivity index (χ0n) is 25.0. The number of aryl methyl sites for hydroxylation is 1. The molecule has 0 saturated heterocycles. The fraction of sp³-hybridized carbons (Fsp3) is 0.485. The normalized spacial score (nSPS) is 15.3. The predicted octanol–water partition coefficient (Wildman–Crippen LogP) is 7.96. The van der Waals surface area contributed by atoms with E-state index in [9.17, 15) is 4.79 Å². The Labute approximate surface area is 261 Å². The molecular formula is C33H45N3O2Y-2. The van der Waals surface area contributed by atoms with Crippen LogP contribution in [0.15, 0.2) is 48.5 Å². The minimum atomic E-state index is -0.252. The molecule has 1 aliphatic rings. The molecule has 4 rings (SSSR count). The minimum absolute atomic E-state index is 0. The maximum atomic E-state index is 11.8. The topological polar surface area (TPSA) is 57.0 Å². The van der Waals surface area contributed by atoms with Crippen LogP contribution in [-0.4, -0.2) is 27.4 Å². The molecule has 5 nitrogen and oxygen atoms in total. The van der Waals surface area contributed by atoms with Crippen molar-refractivity contribution >= 4 is 5.78 Å². The van der Waals surface area contributed by atoms with Crippen LogP contribution in [0.2, 0.25) is 0 Å². The van der Waals surface area contributed by atoms with Gasteiger partial charge < -0.3 is 23.4 Å². The van der Waals surface area contributed by atoms with E-state index in [4.69, 9.17) is 4.74 Å². The molecule has 0 saturated carbocycles. The van der Waals surface area contributed by atoms with Crippen LogP contribution < -0.4 is 0 Å². The largest absolute Gasteiger partial charge is 0.373 e. The second kappa shape index (κ2) is 14.3. The molecule has 6 heteroatoms. The summed E-state index contributed by atoms with van der Waals surface area (Å²) in [6, 6.07) is 16.9. The Morgan fingerprint density at radius 3 is 2.26 bits per heavy atom. The molecule has 0 amide bonds. The third-order valence-electron chi connectivity index (χ3n) is 6.68. The molecule has 2 atom stereocenters. The van der Waals surface area contributed by atoms with E-state index in [0.717, 1.165) is 48.3 Å². The van der Waals surface area contributed by atoms with E-state index in [1.807, 2.05) is 32.4 Å². The molecule has 1 radical (unpaired) electrons. The number of aromatic nitrogens is 3. The Bertz CT molecular complexity index is 1220. The number of hydrogen-bond acceptors (Lipinski definition) is 4. The van der Waals surface area contributed by atoms with Crippen molar-refractivity contribution < 1.29 is 42.2 Å². The van der Waals surface area contributed by atoms with Gasteiger partial charge in [-0.3, -0.25) is 0 Å². The first-order valence-electron chi connectivity index (χ1n) is 13.8. The van der Waals surface area contributed by atoms with Gasteiger partial charge >= 0.3 is 0 Å². The van der Waals surface area contributed by atoms with Crippen molar-refractivity contribution in [3.8, 4) is 22.5 Å². The van der Waals surface area contributed by atoms with Gasteiger partial charge in [-0.15, -0.1) is 11.0 Å². The van der Waals surface area contributed by atoms with E-state index in [1.165, 1.54) is 11.1 Å². The van der Waals surface area contributed by atoms with Crippen LogP contribution >= 0.6 is 0 Å². The number of carbonyl (C=O) groups is 1. The van der Waals surface area contributed by atoms with Gasteiger partial charge in [-0.2, -0.15) is 6.42 Å². The molecule has 39 heavy (non-hydrogen) atoms. The molecule has 2 unspecified atom stereocenters. The zero-order chi connectivity index (χ0) is 28.1. The summed E-state index contributed by atoms with van der Waals surface area (Å²) in [6.07, 6.45) is 2.50. The average Bonchev–Trinajstić information content (AvgIpc) is 3.24. The molecule has 0 fully saturated rings. The van der Waals surface area contributed by atoms with Gasteiger partial charge in [-0.1, -0.05) is 102 Å². The van der Waals surface area contributed by atoms with Gasteiger partial charge in [0.15, 0.2) is 0 Å². The van der Waals surface area contributed by atoms with Gasteiger partial charge in [0, 0.05) is 68.8 Å². The van der Waals surface area contributed by atoms with E-state index >= 15 is 0 Å². The third-order valence-corrected chi connectivity index (χ3v) is 6.68. The summed E-state index contributed by atoms with van der Waals surface area (Å²) in [7, 11) is 0. The fourth-order valence-corrected chi connectivity index (χ4v) is 5.09. The number of hydrogen-bond donors (Lipinski definition) is 0. The Hall–Kier alpha value is -1.69. The van der Waals surface area contributed by atoms with Crippen LogP contribution in [0.25, 0.3) is 22.5 Å². The van der Waals surface area contributed by atoms with Crippen molar-refractivity contribution in [2.45, 2.75) is 80.4 Å². The molecule has 1 heterocycles. The summed E-state index contributed by atoms with van der Waals surface area (Å²) in [6.45, 7) is 23.7. The van der Waals surface area contributed by atoms with E-state index in [1.54, 1.807) is 0 Å². The Morgan fingerprint density at radius 2 is 1.67 bits per heavy atom. The first kappa shape index (κ1) is 33.5. The quantitative estimate of drug-likeness (QED) is 0.268. The summed E-state index contributed by atoms with van der Waals surface area (Å²) >= 11 is 0. The van der Waals surface area contributed by atoms with Crippen LogP contribution in [0.3, 0.4) is 0 Å².